The van der Waals surface area contributed by atoms with Crippen molar-refractivity contribution >= 4 is 11.8 Å². The normalized spacial score (nSPS) is 17.8. The summed E-state index contributed by atoms with van der Waals surface area (Å²) >= 11 is 0. The molecule has 5 nitrogen and oxygen atoms in total. The Kier molecular flexibility index (Phi) is 4.50. The van der Waals surface area contributed by atoms with Crippen molar-refractivity contribution in [3.63, 3.8) is 0 Å². The summed E-state index contributed by atoms with van der Waals surface area (Å²) < 4.78 is 0. The van der Waals surface area contributed by atoms with Crippen LogP contribution >= 0.6 is 0 Å². The van der Waals surface area contributed by atoms with Crippen LogP contribution < -0.4 is 5.32 Å². The van der Waals surface area contributed by atoms with Gasteiger partial charge in [-0.15, -0.1) is 0 Å². The topological polar surface area (TPSA) is 75.1 Å². The van der Waals surface area contributed by atoms with E-state index in [2.05, 4.69) is 15.3 Å². The van der Waals surface area contributed by atoms with E-state index in [0.717, 1.165) is 12.8 Å². The highest BCUT2D eigenvalue weighted by Crippen LogP contribution is 2.19. The molecule has 2 rings (SSSR count). The third-order valence-electron chi connectivity index (χ3n) is 3.31. The molecule has 98 valence electrons. The second-order valence-electron chi connectivity index (χ2n) is 4.78. The number of nitrogens with one attached hydrogen (secondary N) is 1. The summed E-state index contributed by atoms with van der Waals surface area (Å²) in [6.45, 7) is 0. The largest absolute Gasteiger partial charge is 0.476 e. The molecule has 0 amide bonds. The first-order valence-electron chi connectivity index (χ1n) is 6.57. The maximum Gasteiger partial charge on any atom is 0.356 e. The molecule has 5 heteroatoms. The summed E-state index contributed by atoms with van der Waals surface area (Å²) in [7, 11) is 0. The number of rotatable bonds is 3. The third kappa shape index (κ3) is 3.68. The highest BCUT2D eigenvalue weighted by molar-refractivity contribution is 5.85. The highest BCUT2D eigenvalue weighted by Gasteiger charge is 2.13. The molecule has 1 fully saturated rings. The smallest absolute Gasteiger partial charge is 0.356 e. The molecule has 0 saturated heterocycles. The number of aromatic carboxylic acids is 1. The number of carboxylic acid groups (broad SMARTS) is 1. The summed E-state index contributed by atoms with van der Waals surface area (Å²) in [5, 5.41) is 12.2. The van der Waals surface area contributed by atoms with E-state index in [1.807, 2.05) is 0 Å². The SMILES string of the molecule is O=C(O)c1cncc(NC2CCCCCCC2)n1. The lowest BCUT2D eigenvalue weighted by Gasteiger charge is -2.21. The van der Waals surface area contributed by atoms with Gasteiger partial charge in [0.2, 0.25) is 0 Å². The maximum atomic E-state index is 10.8. The molecule has 2 N–H and O–H groups in total. The molecule has 1 aliphatic rings. The molecule has 0 unspecified atom stereocenters. The van der Waals surface area contributed by atoms with E-state index in [-0.39, 0.29) is 5.69 Å². The summed E-state index contributed by atoms with van der Waals surface area (Å²) in [5.41, 5.74) is -0.00848. The predicted octanol–water partition coefficient (Wildman–Crippen LogP) is 2.70. The van der Waals surface area contributed by atoms with Gasteiger partial charge in [-0.05, 0) is 12.8 Å². The summed E-state index contributed by atoms with van der Waals surface area (Å²) in [5.74, 6) is -0.468. The van der Waals surface area contributed by atoms with Crippen molar-refractivity contribution in [2.45, 2.75) is 51.0 Å². The predicted molar refractivity (Wildman–Crippen MR) is 68.7 cm³/mol. The molecule has 1 aromatic heterocycles. The summed E-state index contributed by atoms with van der Waals surface area (Å²) in [6, 6.07) is 0.392. The molecule has 0 atom stereocenters. The van der Waals surface area contributed by atoms with Crippen molar-refractivity contribution in [3.05, 3.63) is 18.1 Å². The molecule has 0 aliphatic heterocycles. The van der Waals surface area contributed by atoms with Crippen LogP contribution in [0, 0.1) is 0 Å². The molecule has 18 heavy (non-hydrogen) atoms. The first-order valence-corrected chi connectivity index (χ1v) is 6.57. The second-order valence-corrected chi connectivity index (χ2v) is 4.78. The van der Waals surface area contributed by atoms with Gasteiger partial charge in [0.15, 0.2) is 5.69 Å². The van der Waals surface area contributed by atoms with Gasteiger partial charge in [-0.25, -0.2) is 9.78 Å². The van der Waals surface area contributed by atoms with Crippen LogP contribution in [0.15, 0.2) is 12.4 Å². The third-order valence-corrected chi connectivity index (χ3v) is 3.31. The first kappa shape index (κ1) is 12.8. The van der Waals surface area contributed by atoms with Crippen LogP contribution in [0.3, 0.4) is 0 Å². The molecule has 1 aromatic rings. The minimum Gasteiger partial charge on any atom is -0.476 e. The van der Waals surface area contributed by atoms with Crippen molar-refractivity contribution in [1.82, 2.24) is 9.97 Å². The lowest BCUT2D eigenvalue weighted by molar-refractivity contribution is 0.0690. The Morgan fingerprint density at radius 3 is 2.50 bits per heavy atom. The minimum atomic E-state index is -1.04. The molecule has 1 aliphatic carbocycles. The number of anilines is 1. The fraction of sp³-hybridized carbons (Fsp3) is 0.615. The fourth-order valence-corrected chi connectivity index (χ4v) is 2.35. The molecule has 0 bridgehead atoms. The van der Waals surface area contributed by atoms with Gasteiger partial charge in [0, 0.05) is 6.04 Å². The van der Waals surface area contributed by atoms with Gasteiger partial charge in [0.25, 0.3) is 0 Å². The van der Waals surface area contributed by atoms with Gasteiger partial charge in [-0.3, -0.25) is 4.98 Å². The van der Waals surface area contributed by atoms with Crippen LogP contribution in [-0.4, -0.2) is 27.1 Å². The average molecular weight is 249 g/mol. The molecule has 1 saturated carbocycles. The zero-order valence-electron chi connectivity index (χ0n) is 10.4. The lowest BCUT2D eigenvalue weighted by atomic mass is 9.97. The molecule has 0 spiro atoms. The molecule has 0 radical (unpaired) electrons. The standard InChI is InChI=1S/C13H19N3O2/c17-13(18)11-8-14-9-12(16-11)15-10-6-4-2-1-3-5-7-10/h8-10H,1-7H2,(H,15,16)(H,17,18). The fourth-order valence-electron chi connectivity index (χ4n) is 2.35. The van der Waals surface area contributed by atoms with E-state index >= 15 is 0 Å². The molecular formula is C13H19N3O2. The van der Waals surface area contributed by atoms with E-state index < -0.39 is 5.97 Å². The number of carboxylic acids is 1. The maximum absolute atomic E-state index is 10.8. The summed E-state index contributed by atoms with van der Waals surface area (Å²) in [6.07, 6.45) is 11.5. The van der Waals surface area contributed by atoms with E-state index in [1.165, 1.54) is 38.3 Å². The number of aromatic nitrogens is 2. The van der Waals surface area contributed by atoms with Crippen LogP contribution in [0.25, 0.3) is 0 Å². The van der Waals surface area contributed by atoms with Crippen molar-refractivity contribution in [1.29, 1.82) is 0 Å². The lowest BCUT2D eigenvalue weighted by Crippen LogP contribution is -2.21. The van der Waals surface area contributed by atoms with Gasteiger partial charge in [-0.1, -0.05) is 32.1 Å². The van der Waals surface area contributed by atoms with Gasteiger partial charge < -0.3 is 10.4 Å². The molecular weight excluding hydrogens is 230 g/mol. The van der Waals surface area contributed by atoms with Crippen LogP contribution in [0.1, 0.15) is 55.4 Å². The van der Waals surface area contributed by atoms with Gasteiger partial charge >= 0.3 is 5.97 Å². The molecule has 0 aromatic carbocycles. The Bertz CT molecular complexity index is 401. The minimum absolute atomic E-state index is 0.00848. The number of hydrogen-bond acceptors (Lipinski definition) is 4. The highest BCUT2D eigenvalue weighted by atomic mass is 16.4. The van der Waals surface area contributed by atoms with Crippen LogP contribution in [0.2, 0.25) is 0 Å². The Morgan fingerprint density at radius 2 is 1.83 bits per heavy atom. The Labute approximate surface area is 107 Å². The Hall–Kier alpha value is -1.65. The summed E-state index contributed by atoms with van der Waals surface area (Å²) in [4.78, 5) is 18.8. The van der Waals surface area contributed by atoms with E-state index in [1.54, 1.807) is 6.20 Å². The number of nitrogens with zero attached hydrogens (tertiary/aromatic N) is 2. The monoisotopic (exact) mass is 249 g/mol. The van der Waals surface area contributed by atoms with Crippen LogP contribution in [-0.2, 0) is 0 Å². The number of carbonyl (C=O) groups is 1. The van der Waals surface area contributed by atoms with Crippen molar-refractivity contribution in [3.8, 4) is 0 Å². The van der Waals surface area contributed by atoms with Gasteiger partial charge in [0.05, 0.1) is 12.4 Å². The molecule has 1 heterocycles. The Balaban J connectivity index is 1.98. The van der Waals surface area contributed by atoms with E-state index in [0.29, 0.717) is 11.9 Å². The van der Waals surface area contributed by atoms with Crippen molar-refractivity contribution in [2.75, 3.05) is 5.32 Å². The van der Waals surface area contributed by atoms with Gasteiger partial charge in [-0.2, -0.15) is 0 Å². The van der Waals surface area contributed by atoms with Crippen LogP contribution in [0.4, 0.5) is 5.82 Å². The average Bonchev–Trinajstić information content (AvgIpc) is 2.33. The van der Waals surface area contributed by atoms with Crippen molar-refractivity contribution < 1.29 is 9.90 Å². The quantitative estimate of drug-likeness (QED) is 0.861. The second kappa shape index (κ2) is 6.33. The van der Waals surface area contributed by atoms with Crippen molar-refractivity contribution in [2.24, 2.45) is 0 Å². The number of hydrogen-bond donors (Lipinski definition) is 2. The first-order chi connectivity index (χ1) is 8.75. The zero-order valence-corrected chi connectivity index (χ0v) is 10.4. The van der Waals surface area contributed by atoms with E-state index in [9.17, 15) is 4.79 Å². The van der Waals surface area contributed by atoms with Crippen LogP contribution in [0.5, 0.6) is 0 Å². The zero-order chi connectivity index (χ0) is 12.8. The Morgan fingerprint density at radius 1 is 1.17 bits per heavy atom. The van der Waals surface area contributed by atoms with Gasteiger partial charge in [0.1, 0.15) is 5.82 Å². The van der Waals surface area contributed by atoms with E-state index in [4.69, 9.17) is 5.11 Å².